The number of aliphatic hydroxyl groups is 1. The summed E-state index contributed by atoms with van der Waals surface area (Å²) in [5.41, 5.74) is 1.83. The molecule has 0 radical (unpaired) electrons. The Labute approximate surface area is 129 Å². The molecule has 2 aromatic carbocycles. The van der Waals surface area contributed by atoms with Gasteiger partial charge in [-0.3, -0.25) is 0 Å². The van der Waals surface area contributed by atoms with Crippen LogP contribution in [0.1, 0.15) is 11.1 Å². The smallest absolute Gasteiger partial charge is 0.165 e. The molecule has 0 aromatic heterocycles. The number of aliphatic hydroxyl groups excluding tert-OH is 1. The maximum Gasteiger partial charge on any atom is 0.165 e. The zero-order chi connectivity index (χ0) is 15.2. The summed E-state index contributed by atoms with van der Waals surface area (Å²) in [6, 6.07) is 12.4. The first-order valence-corrected chi connectivity index (χ1v) is 7.18. The van der Waals surface area contributed by atoms with Gasteiger partial charge in [-0.2, -0.15) is 0 Å². The van der Waals surface area contributed by atoms with E-state index in [-0.39, 0.29) is 24.1 Å². The van der Waals surface area contributed by atoms with Crippen molar-refractivity contribution < 1.29 is 14.2 Å². The maximum atomic E-state index is 13.7. The molecule has 0 aliphatic rings. The number of halogens is 2. The third-order valence-corrected chi connectivity index (χ3v) is 3.83. The van der Waals surface area contributed by atoms with E-state index in [1.165, 1.54) is 13.2 Å². The Balaban J connectivity index is 2.09. The normalized spacial score (nSPS) is 12.2. The molecule has 2 nitrogen and oxygen atoms in total. The van der Waals surface area contributed by atoms with E-state index >= 15 is 0 Å². The quantitative estimate of drug-likeness (QED) is 0.877. The molecular weight excluding hydrogens is 291 g/mol. The van der Waals surface area contributed by atoms with E-state index < -0.39 is 0 Å². The monoisotopic (exact) mass is 308 g/mol. The second-order valence-corrected chi connectivity index (χ2v) is 5.42. The molecule has 21 heavy (non-hydrogen) atoms. The van der Waals surface area contributed by atoms with Gasteiger partial charge in [0.15, 0.2) is 11.6 Å². The standard InChI is InChI=1S/C17H18ClFO2/c1-21-17-7-6-12(10-16(17)19)8-13(11-20)9-14-4-2-3-5-15(14)18/h2-7,10,13,20H,8-9,11H2,1H3. The maximum absolute atomic E-state index is 13.7. The SMILES string of the molecule is COc1ccc(CC(CO)Cc2ccccc2Cl)cc1F. The molecule has 2 aromatic rings. The Bertz CT molecular complexity index is 601. The predicted molar refractivity (Wildman–Crippen MR) is 82.4 cm³/mol. The third kappa shape index (κ3) is 4.19. The van der Waals surface area contributed by atoms with Gasteiger partial charge in [0.25, 0.3) is 0 Å². The van der Waals surface area contributed by atoms with Gasteiger partial charge in [0.05, 0.1) is 7.11 Å². The first-order valence-electron chi connectivity index (χ1n) is 6.80. The van der Waals surface area contributed by atoms with Crippen molar-refractivity contribution in [3.63, 3.8) is 0 Å². The summed E-state index contributed by atoms with van der Waals surface area (Å²) in [4.78, 5) is 0. The van der Waals surface area contributed by atoms with Crippen LogP contribution in [0, 0.1) is 11.7 Å². The molecule has 112 valence electrons. The molecule has 1 unspecified atom stereocenters. The number of rotatable bonds is 6. The van der Waals surface area contributed by atoms with Crippen molar-refractivity contribution in [3.8, 4) is 5.75 Å². The summed E-state index contributed by atoms with van der Waals surface area (Å²) < 4.78 is 18.6. The fraction of sp³-hybridized carbons (Fsp3) is 0.294. The molecule has 0 aliphatic carbocycles. The molecule has 0 spiro atoms. The minimum absolute atomic E-state index is 0.00213. The Kier molecular flexibility index (Phi) is 5.59. The molecule has 0 fully saturated rings. The molecular formula is C17H18ClFO2. The molecule has 0 saturated heterocycles. The van der Waals surface area contributed by atoms with Crippen LogP contribution in [-0.2, 0) is 12.8 Å². The van der Waals surface area contributed by atoms with E-state index in [1.54, 1.807) is 6.07 Å². The molecule has 0 saturated carbocycles. The summed E-state index contributed by atoms with van der Waals surface area (Å²) in [5.74, 6) is -0.160. The molecule has 0 bridgehead atoms. The van der Waals surface area contributed by atoms with Crippen LogP contribution in [0.3, 0.4) is 0 Å². The second kappa shape index (κ2) is 7.43. The molecule has 2 rings (SSSR count). The van der Waals surface area contributed by atoms with Crippen molar-refractivity contribution in [2.24, 2.45) is 5.92 Å². The van der Waals surface area contributed by atoms with Crippen molar-refractivity contribution in [2.75, 3.05) is 13.7 Å². The highest BCUT2D eigenvalue weighted by Gasteiger charge is 2.13. The van der Waals surface area contributed by atoms with E-state index in [4.69, 9.17) is 16.3 Å². The van der Waals surface area contributed by atoms with Crippen LogP contribution in [0.25, 0.3) is 0 Å². The Morgan fingerprint density at radius 2 is 1.95 bits per heavy atom. The molecule has 1 N–H and O–H groups in total. The van der Waals surface area contributed by atoms with Gasteiger partial charge in [0, 0.05) is 11.6 Å². The van der Waals surface area contributed by atoms with Crippen LogP contribution < -0.4 is 4.74 Å². The molecule has 0 amide bonds. The summed E-state index contributed by atoms with van der Waals surface area (Å²) in [6.07, 6.45) is 1.24. The number of benzene rings is 2. The zero-order valence-electron chi connectivity index (χ0n) is 11.9. The highest BCUT2D eigenvalue weighted by atomic mass is 35.5. The van der Waals surface area contributed by atoms with Crippen LogP contribution in [0.5, 0.6) is 5.75 Å². The lowest BCUT2D eigenvalue weighted by molar-refractivity contribution is 0.225. The summed E-state index contributed by atoms with van der Waals surface area (Å²) >= 11 is 6.13. The van der Waals surface area contributed by atoms with Crippen LogP contribution in [0.4, 0.5) is 4.39 Å². The van der Waals surface area contributed by atoms with E-state index in [0.29, 0.717) is 17.9 Å². The van der Waals surface area contributed by atoms with Gasteiger partial charge in [-0.05, 0) is 48.1 Å². The lowest BCUT2D eigenvalue weighted by Crippen LogP contribution is -2.13. The number of ether oxygens (including phenoxy) is 1. The number of hydrogen-bond donors (Lipinski definition) is 1. The van der Waals surface area contributed by atoms with Crippen LogP contribution in [0.15, 0.2) is 42.5 Å². The third-order valence-electron chi connectivity index (χ3n) is 3.47. The van der Waals surface area contributed by atoms with Crippen LogP contribution in [0.2, 0.25) is 5.02 Å². The average Bonchev–Trinajstić information content (AvgIpc) is 2.49. The predicted octanol–water partition coefficient (Wildman–Crippen LogP) is 3.88. The Morgan fingerprint density at radius 3 is 2.57 bits per heavy atom. The first-order chi connectivity index (χ1) is 10.1. The van der Waals surface area contributed by atoms with Crippen LogP contribution in [-0.4, -0.2) is 18.8 Å². The van der Waals surface area contributed by atoms with Crippen LogP contribution >= 0.6 is 11.6 Å². The van der Waals surface area contributed by atoms with Gasteiger partial charge in [0.1, 0.15) is 0 Å². The van der Waals surface area contributed by atoms with E-state index in [9.17, 15) is 9.50 Å². The van der Waals surface area contributed by atoms with Gasteiger partial charge in [0.2, 0.25) is 0 Å². The van der Waals surface area contributed by atoms with Gasteiger partial charge in [-0.15, -0.1) is 0 Å². The fourth-order valence-electron chi connectivity index (χ4n) is 2.35. The van der Waals surface area contributed by atoms with Crippen molar-refractivity contribution in [3.05, 3.63) is 64.4 Å². The number of hydrogen-bond acceptors (Lipinski definition) is 2. The molecule has 4 heteroatoms. The lowest BCUT2D eigenvalue weighted by Gasteiger charge is -2.15. The van der Waals surface area contributed by atoms with Crippen molar-refractivity contribution >= 4 is 11.6 Å². The summed E-state index contributed by atoms with van der Waals surface area (Å²) in [5, 5.41) is 10.2. The van der Waals surface area contributed by atoms with Crippen molar-refractivity contribution in [2.45, 2.75) is 12.8 Å². The topological polar surface area (TPSA) is 29.5 Å². The van der Waals surface area contributed by atoms with Crippen molar-refractivity contribution in [1.29, 1.82) is 0 Å². The van der Waals surface area contributed by atoms with Gasteiger partial charge >= 0.3 is 0 Å². The van der Waals surface area contributed by atoms with Gasteiger partial charge < -0.3 is 9.84 Å². The van der Waals surface area contributed by atoms with E-state index in [1.807, 2.05) is 30.3 Å². The zero-order valence-corrected chi connectivity index (χ0v) is 12.6. The van der Waals surface area contributed by atoms with Gasteiger partial charge in [-0.1, -0.05) is 35.9 Å². The van der Waals surface area contributed by atoms with Crippen molar-refractivity contribution in [1.82, 2.24) is 0 Å². The van der Waals surface area contributed by atoms with E-state index in [2.05, 4.69) is 0 Å². The summed E-state index contributed by atoms with van der Waals surface area (Å²) in [6.45, 7) is 0.0267. The molecule has 0 aliphatic heterocycles. The minimum atomic E-state index is -0.385. The largest absolute Gasteiger partial charge is 0.494 e. The first kappa shape index (κ1) is 15.8. The Morgan fingerprint density at radius 1 is 1.19 bits per heavy atom. The Hall–Kier alpha value is -1.58. The lowest BCUT2D eigenvalue weighted by atomic mass is 9.93. The molecule has 0 heterocycles. The van der Waals surface area contributed by atoms with Gasteiger partial charge in [-0.25, -0.2) is 4.39 Å². The molecule has 1 atom stereocenters. The fourth-order valence-corrected chi connectivity index (χ4v) is 2.56. The van der Waals surface area contributed by atoms with E-state index in [0.717, 1.165) is 11.1 Å². The highest BCUT2D eigenvalue weighted by molar-refractivity contribution is 6.31. The number of methoxy groups -OCH3 is 1. The minimum Gasteiger partial charge on any atom is -0.494 e. The summed E-state index contributed by atoms with van der Waals surface area (Å²) in [7, 11) is 1.44. The second-order valence-electron chi connectivity index (χ2n) is 5.02. The average molecular weight is 309 g/mol. The highest BCUT2D eigenvalue weighted by Crippen LogP contribution is 2.23.